The molecule has 2 N–H and O–H groups in total. The van der Waals surface area contributed by atoms with Crippen LogP contribution in [0, 0.1) is 6.92 Å². The number of halogens is 1. The Kier molecular flexibility index (Phi) is 4.30. The number of benzene rings is 1. The lowest BCUT2D eigenvalue weighted by molar-refractivity contribution is 0.0621. The number of fused-ring (bicyclic) bond motifs is 1. The largest absolute Gasteiger partial charge is 0.350 e. The van der Waals surface area contributed by atoms with Crippen molar-refractivity contribution >= 4 is 32.7 Å². The molecule has 0 unspecified atom stereocenters. The van der Waals surface area contributed by atoms with Crippen molar-refractivity contribution < 1.29 is 4.79 Å². The van der Waals surface area contributed by atoms with Crippen molar-refractivity contribution in [1.82, 2.24) is 30.0 Å². The number of piperazine rings is 1. The second-order valence-corrected chi connectivity index (χ2v) is 7.24. The van der Waals surface area contributed by atoms with Gasteiger partial charge < -0.3 is 9.88 Å². The minimum Gasteiger partial charge on any atom is -0.350 e. The molecule has 3 heterocycles. The molecule has 1 fully saturated rings. The van der Waals surface area contributed by atoms with Crippen LogP contribution in [0.3, 0.4) is 0 Å². The first-order valence-electron chi connectivity index (χ1n) is 8.26. The van der Waals surface area contributed by atoms with Crippen LogP contribution in [-0.2, 0) is 6.54 Å². The molecule has 2 aromatic heterocycles. The number of hydrogen-bond donors (Lipinski definition) is 2. The quantitative estimate of drug-likeness (QED) is 0.704. The Balaban J connectivity index is 1.40. The topological polar surface area (TPSA) is 80.9 Å². The Morgan fingerprint density at radius 3 is 2.76 bits per heavy atom. The van der Waals surface area contributed by atoms with Crippen molar-refractivity contribution in [1.29, 1.82) is 0 Å². The van der Waals surface area contributed by atoms with E-state index in [9.17, 15) is 4.79 Å². The average molecular weight is 403 g/mol. The summed E-state index contributed by atoms with van der Waals surface area (Å²) in [4.78, 5) is 24.5. The predicted molar refractivity (Wildman–Crippen MR) is 98.3 cm³/mol. The van der Waals surface area contributed by atoms with E-state index in [1.807, 2.05) is 36.1 Å². The van der Waals surface area contributed by atoms with Crippen LogP contribution in [-0.4, -0.2) is 62.1 Å². The number of nitrogens with zero attached hydrogens (tertiary/aromatic N) is 4. The Morgan fingerprint density at radius 2 is 2.04 bits per heavy atom. The van der Waals surface area contributed by atoms with Gasteiger partial charge in [-0.1, -0.05) is 22.0 Å². The number of aromatic amines is 2. The summed E-state index contributed by atoms with van der Waals surface area (Å²) in [6.07, 6.45) is 0. The van der Waals surface area contributed by atoms with Gasteiger partial charge in [-0.15, -0.1) is 0 Å². The lowest BCUT2D eigenvalue weighted by Gasteiger charge is -2.33. The summed E-state index contributed by atoms with van der Waals surface area (Å²) in [6.45, 7) is 5.68. The molecule has 1 amide bonds. The van der Waals surface area contributed by atoms with Crippen LogP contribution in [0.1, 0.15) is 22.1 Å². The standard InChI is InChI=1S/C17H19BrN6O/c1-11-19-16(22-21-11)10-23-4-6-24(7-5-23)17(25)15-8-12-2-3-13(18)9-14(12)20-15/h2-3,8-9,20H,4-7,10H2,1H3,(H,19,21,22). The summed E-state index contributed by atoms with van der Waals surface area (Å²) in [5.74, 6) is 1.69. The van der Waals surface area contributed by atoms with Gasteiger partial charge in [0.15, 0.2) is 5.82 Å². The summed E-state index contributed by atoms with van der Waals surface area (Å²) in [7, 11) is 0. The zero-order chi connectivity index (χ0) is 17.4. The van der Waals surface area contributed by atoms with E-state index >= 15 is 0 Å². The van der Waals surface area contributed by atoms with Crippen LogP contribution >= 0.6 is 15.9 Å². The number of aryl methyl sites for hydroxylation is 1. The van der Waals surface area contributed by atoms with E-state index < -0.39 is 0 Å². The van der Waals surface area contributed by atoms with Gasteiger partial charge in [-0.2, -0.15) is 5.10 Å². The smallest absolute Gasteiger partial charge is 0.270 e. The number of nitrogens with one attached hydrogen (secondary N) is 2. The van der Waals surface area contributed by atoms with E-state index in [2.05, 4.69) is 41.0 Å². The minimum atomic E-state index is 0.0562. The van der Waals surface area contributed by atoms with Crippen molar-refractivity contribution in [3.63, 3.8) is 0 Å². The number of aromatic nitrogens is 4. The summed E-state index contributed by atoms with van der Waals surface area (Å²) >= 11 is 3.46. The molecule has 0 saturated carbocycles. The number of carbonyl (C=O) groups is 1. The fraction of sp³-hybridized carbons (Fsp3) is 0.353. The SMILES string of the molecule is Cc1nc(CN2CCN(C(=O)c3cc4ccc(Br)cc4[nH]3)CC2)n[nH]1. The van der Waals surface area contributed by atoms with Crippen molar-refractivity contribution in [3.05, 3.63) is 46.1 Å². The molecule has 7 nitrogen and oxygen atoms in total. The van der Waals surface area contributed by atoms with E-state index in [1.54, 1.807) is 0 Å². The van der Waals surface area contributed by atoms with Gasteiger partial charge in [0.05, 0.1) is 6.54 Å². The molecule has 0 atom stereocenters. The molecule has 1 aliphatic rings. The Labute approximate surface area is 153 Å². The summed E-state index contributed by atoms with van der Waals surface area (Å²) in [6, 6.07) is 7.90. The van der Waals surface area contributed by atoms with E-state index in [-0.39, 0.29) is 5.91 Å². The van der Waals surface area contributed by atoms with Crippen molar-refractivity contribution in [2.24, 2.45) is 0 Å². The maximum atomic E-state index is 12.8. The molecule has 0 spiro atoms. The van der Waals surface area contributed by atoms with Gasteiger partial charge in [0, 0.05) is 41.6 Å². The van der Waals surface area contributed by atoms with Crippen molar-refractivity contribution in [2.45, 2.75) is 13.5 Å². The average Bonchev–Trinajstić information content (AvgIpc) is 3.20. The second kappa shape index (κ2) is 6.61. The highest BCUT2D eigenvalue weighted by molar-refractivity contribution is 9.10. The predicted octanol–water partition coefficient (Wildman–Crippen LogP) is 2.31. The maximum Gasteiger partial charge on any atom is 0.270 e. The lowest BCUT2D eigenvalue weighted by Crippen LogP contribution is -2.48. The molecule has 0 aliphatic carbocycles. The first-order chi connectivity index (χ1) is 12.1. The van der Waals surface area contributed by atoms with Gasteiger partial charge in [0.1, 0.15) is 11.5 Å². The lowest BCUT2D eigenvalue weighted by atomic mass is 10.2. The van der Waals surface area contributed by atoms with Crippen molar-refractivity contribution in [2.75, 3.05) is 26.2 Å². The Hall–Kier alpha value is -2.19. The normalized spacial score (nSPS) is 15.8. The molecular weight excluding hydrogens is 384 g/mol. The van der Waals surface area contributed by atoms with Crippen LogP contribution < -0.4 is 0 Å². The van der Waals surface area contributed by atoms with E-state index in [0.717, 1.165) is 40.1 Å². The fourth-order valence-electron chi connectivity index (χ4n) is 3.15. The van der Waals surface area contributed by atoms with E-state index in [1.165, 1.54) is 0 Å². The molecule has 1 aromatic carbocycles. The Bertz CT molecular complexity index is 909. The van der Waals surface area contributed by atoms with Crippen molar-refractivity contribution in [3.8, 4) is 0 Å². The van der Waals surface area contributed by atoms with Crippen LogP contribution in [0.25, 0.3) is 10.9 Å². The minimum absolute atomic E-state index is 0.0562. The molecule has 25 heavy (non-hydrogen) atoms. The van der Waals surface area contributed by atoms with Gasteiger partial charge >= 0.3 is 0 Å². The molecule has 4 rings (SSSR count). The monoisotopic (exact) mass is 402 g/mol. The van der Waals surface area contributed by atoms with Gasteiger partial charge in [-0.05, 0) is 25.1 Å². The molecular formula is C17H19BrN6O. The third-order valence-electron chi connectivity index (χ3n) is 4.48. The van der Waals surface area contributed by atoms with E-state index in [4.69, 9.17) is 0 Å². The first kappa shape index (κ1) is 16.3. The number of carbonyl (C=O) groups excluding carboxylic acids is 1. The molecule has 1 saturated heterocycles. The van der Waals surface area contributed by atoms with Crippen LogP contribution in [0.15, 0.2) is 28.7 Å². The first-order valence-corrected chi connectivity index (χ1v) is 9.05. The third-order valence-corrected chi connectivity index (χ3v) is 4.98. The molecule has 1 aliphatic heterocycles. The van der Waals surface area contributed by atoms with Crippen LogP contribution in [0.2, 0.25) is 0 Å². The molecule has 130 valence electrons. The van der Waals surface area contributed by atoms with E-state index in [0.29, 0.717) is 25.3 Å². The highest BCUT2D eigenvalue weighted by Gasteiger charge is 2.24. The number of hydrogen-bond acceptors (Lipinski definition) is 4. The number of amides is 1. The second-order valence-electron chi connectivity index (χ2n) is 6.32. The molecule has 0 bridgehead atoms. The van der Waals surface area contributed by atoms with Gasteiger partial charge in [-0.25, -0.2) is 4.98 Å². The Morgan fingerprint density at radius 1 is 1.24 bits per heavy atom. The highest BCUT2D eigenvalue weighted by atomic mass is 79.9. The number of H-pyrrole nitrogens is 2. The number of rotatable bonds is 3. The third kappa shape index (κ3) is 3.45. The zero-order valence-corrected chi connectivity index (χ0v) is 15.5. The molecule has 0 radical (unpaired) electrons. The summed E-state index contributed by atoms with van der Waals surface area (Å²) < 4.78 is 0.997. The maximum absolute atomic E-state index is 12.8. The molecule has 8 heteroatoms. The van der Waals surface area contributed by atoms with Crippen LogP contribution in [0.4, 0.5) is 0 Å². The zero-order valence-electron chi connectivity index (χ0n) is 13.9. The summed E-state index contributed by atoms with van der Waals surface area (Å²) in [5, 5.41) is 8.09. The van der Waals surface area contributed by atoms with Crippen LogP contribution in [0.5, 0.6) is 0 Å². The van der Waals surface area contributed by atoms with Gasteiger partial charge in [-0.3, -0.25) is 14.8 Å². The summed E-state index contributed by atoms with van der Waals surface area (Å²) in [5.41, 5.74) is 1.61. The van der Waals surface area contributed by atoms with Gasteiger partial charge in [0.25, 0.3) is 5.91 Å². The fourth-order valence-corrected chi connectivity index (χ4v) is 3.51. The highest BCUT2D eigenvalue weighted by Crippen LogP contribution is 2.21. The molecule has 3 aromatic rings. The van der Waals surface area contributed by atoms with Gasteiger partial charge in [0.2, 0.25) is 0 Å².